The number of ether oxygens (including phenoxy) is 1. The van der Waals surface area contributed by atoms with Gasteiger partial charge in [0, 0.05) is 13.1 Å². The van der Waals surface area contributed by atoms with Crippen LogP contribution in [0.1, 0.15) is 62.6 Å². The van der Waals surface area contributed by atoms with Gasteiger partial charge in [0.2, 0.25) is 11.7 Å². The minimum atomic E-state index is -0.742. The first kappa shape index (κ1) is 24.2. The van der Waals surface area contributed by atoms with Gasteiger partial charge in [0.15, 0.2) is 11.5 Å². The molecular formula is C25H35N5O4. The molecule has 0 spiro atoms. The van der Waals surface area contributed by atoms with E-state index in [1.54, 1.807) is 12.1 Å². The molecular weight excluding hydrogens is 434 g/mol. The molecule has 2 aromatic rings. The van der Waals surface area contributed by atoms with Crippen molar-refractivity contribution in [2.24, 2.45) is 5.92 Å². The first-order valence-corrected chi connectivity index (χ1v) is 12.4. The van der Waals surface area contributed by atoms with Gasteiger partial charge in [-0.1, -0.05) is 51.2 Å². The number of ketones is 1. The van der Waals surface area contributed by atoms with Crippen LogP contribution in [-0.2, 0) is 9.53 Å². The van der Waals surface area contributed by atoms with E-state index in [1.165, 1.54) is 19.3 Å². The Morgan fingerprint density at radius 2 is 1.85 bits per heavy atom. The van der Waals surface area contributed by atoms with Gasteiger partial charge in [-0.15, -0.1) is 0 Å². The van der Waals surface area contributed by atoms with E-state index in [4.69, 9.17) is 14.6 Å². The third kappa shape index (κ3) is 5.94. The minimum absolute atomic E-state index is 0.00574. The van der Waals surface area contributed by atoms with Crippen LogP contribution >= 0.6 is 0 Å². The number of para-hydroxylation sites is 2. The van der Waals surface area contributed by atoms with Crippen molar-refractivity contribution >= 4 is 28.7 Å². The lowest BCUT2D eigenvalue weighted by Crippen LogP contribution is -2.56. The molecule has 9 heteroatoms. The SMILES string of the molecule is CCC(NC(=O)[C@H](CC1CCCCC1)NC(=N)N1CCOCC1)C(=O)c1nc2ccccc2o1. The number of nitrogens with zero attached hydrogens (tertiary/aromatic N) is 2. The number of hydrogen-bond acceptors (Lipinski definition) is 6. The molecule has 2 heterocycles. The predicted octanol–water partition coefficient (Wildman–Crippen LogP) is 3.10. The highest BCUT2D eigenvalue weighted by Gasteiger charge is 2.31. The molecule has 0 radical (unpaired) electrons. The second-order valence-electron chi connectivity index (χ2n) is 9.21. The van der Waals surface area contributed by atoms with Gasteiger partial charge in [-0.05, 0) is 30.9 Å². The van der Waals surface area contributed by atoms with Crippen molar-refractivity contribution in [3.63, 3.8) is 0 Å². The lowest BCUT2D eigenvalue weighted by molar-refractivity contribution is -0.123. The van der Waals surface area contributed by atoms with E-state index in [1.807, 2.05) is 24.0 Å². The Balaban J connectivity index is 1.45. The van der Waals surface area contributed by atoms with Gasteiger partial charge in [-0.3, -0.25) is 15.0 Å². The van der Waals surface area contributed by atoms with Crippen LogP contribution in [0, 0.1) is 11.3 Å². The van der Waals surface area contributed by atoms with Crippen LogP contribution in [0.2, 0.25) is 0 Å². The van der Waals surface area contributed by atoms with E-state index in [-0.39, 0.29) is 23.5 Å². The van der Waals surface area contributed by atoms with Crippen molar-refractivity contribution in [2.45, 2.75) is 64.0 Å². The van der Waals surface area contributed by atoms with Crippen molar-refractivity contribution in [3.05, 3.63) is 30.2 Å². The van der Waals surface area contributed by atoms with E-state index in [0.717, 1.165) is 12.8 Å². The molecule has 2 aliphatic rings. The maximum Gasteiger partial charge on any atom is 0.266 e. The molecule has 34 heavy (non-hydrogen) atoms. The topological polar surface area (TPSA) is 121 Å². The molecule has 2 fully saturated rings. The zero-order valence-corrected chi connectivity index (χ0v) is 19.8. The molecule has 2 atom stereocenters. The second-order valence-corrected chi connectivity index (χ2v) is 9.21. The average molecular weight is 470 g/mol. The number of guanidine groups is 1. The van der Waals surface area contributed by atoms with Crippen LogP contribution in [0.15, 0.2) is 28.7 Å². The van der Waals surface area contributed by atoms with Crippen molar-refractivity contribution in [2.75, 3.05) is 26.3 Å². The number of oxazole rings is 1. The number of Topliss-reactive ketones (excluding diaryl/α,β-unsaturated/α-hetero) is 1. The molecule has 1 aromatic carbocycles. The summed E-state index contributed by atoms with van der Waals surface area (Å²) >= 11 is 0. The van der Waals surface area contributed by atoms with Gasteiger partial charge in [0.25, 0.3) is 5.89 Å². The molecule has 0 bridgehead atoms. The van der Waals surface area contributed by atoms with Gasteiger partial charge in [-0.25, -0.2) is 4.98 Å². The summed E-state index contributed by atoms with van der Waals surface area (Å²) in [5.74, 6) is 0.0673. The Morgan fingerprint density at radius 1 is 1.12 bits per heavy atom. The van der Waals surface area contributed by atoms with Gasteiger partial charge >= 0.3 is 0 Å². The standard InChI is InChI=1S/C25H35N5O4/c1-2-18(22(31)24-28-19-10-6-7-11-21(19)34-24)27-23(32)20(16-17-8-4-3-5-9-17)29-25(26)30-12-14-33-15-13-30/h6-7,10-11,17-18,20H,2-5,8-9,12-16H2,1H3,(H2,26,29)(H,27,32)/t18?,20-/m0/s1. The van der Waals surface area contributed by atoms with Crippen LogP contribution in [-0.4, -0.2) is 65.9 Å². The molecule has 1 amide bonds. The number of amides is 1. The van der Waals surface area contributed by atoms with Crippen LogP contribution in [0.4, 0.5) is 0 Å². The lowest BCUT2D eigenvalue weighted by atomic mass is 9.84. The summed E-state index contributed by atoms with van der Waals surface area (Å²) in [6.07, 6.45) is 6.83. The molecule has 1 unspecified atom stereocenters. The molecule has 1 aliphatic carbocycles. The van der Waals surface area contributed by atoms with Gasteiger partial charge in [-0.2, -0.15) is 0 Å². The smallest absolute Gasteiger partial charge is 0.266 e. The number of aromatic nitrogens is 1. The number of carbonyl (C=O) groups is 2. The Labute approximate surface area is 200 Å². The third-order valence-electron chi connectivity index (χ3n) is 6.79. The summed E-state index contributed by atoms with van der Waals surface area (Å²) in [4.78, 5) is 32.7. The highest BCUT2D eigenvalue weighted by molar-refractivity contribution is 6.00. The number of nitrogens with one attached hydrogen (secondary N) is 3. The predicted molar refractivity (Wildman–Crippen MR) is 129 cm³/mol. The minimum Gasteiger partial charge on any atom is -0.434 e. The Morgan fingerprint density at radius 3 is 2.56 bits per heavy atom. The number of morpholine rings is 1. The van der Waals surface area contributed by atoms with Crippen LogP contribution in [0.25, 0.3) is 11.1 Å². The van der Waals surface area contributed by atoms with Crippen molar-refractivity contribution in [1.82, 2.24) is 20.5 Å². The Kier molecular flexibility index (Phi) is 8.16. The van der Waals surface area contributed by atoms with Crippen molar-refractivity contribution in [3.8, 4) is 0 Å². The number of rotatable bonds is 8. The summed E-state index contributed by atoms with van der Waals surface area (Å²) in [6, 6.07) is 5.89. The Bertz CT molecular complexity index is 961. The van der Waals surface area contributed by atoms with E-state index in [2.05, 4.69) is 15.6 Å². The second kappa shape index (κ2) is 11.5. The van der Waals surface area contributed by atoms with Crippen molar-refractivity contribution in [1.29, 1.82) is 5.41 Å². The molecule has 1 aliphatic heterocycles. The molecule has 3 N–H and O–H groups in total. The fourth-order valence-electron chi connectivity index (χ4n) is 4.78. The van der Waals surface area contributed by atoms with E-state index in [0.29, 0.717) is 56.2 Å². The van der Waals surface area contributed by atoms with E-state index in [9.17, 15) is 9.59 Å². The van der Waals surface area contributed by atoms with Crippen LogP contribution < -0.4 is 10.6 Å². The molecule has 4 rings (SSSR count). The largest absolute Gasteiger partial charge is 0.434 e. The summed E-state index contributed by atoms with van der Waals surface area (Å²) in [5, 5.41) is 14.6. The van der Waals surface area contributed by atoms with Gasteiger partial charge < -0.3 is 24.7 Å². The first-order chi connectivity index (χ1) is 16.5. The number of benzene rings is 1. The summed E-state index contributed by atoms with van der Waals surface area (Å²) in [7, 11) is 0. The molecule has 1 saturated carbocycles. The maximum atomic E-state index is 13.4. The fourth-order valence-corrected chi connectivity index (χ4v) is 4.78. The summed E-state index contributed by atoms with van der Waals surface area (Å²) in [5.41, 5.74) is 1.16. The van der Waals surface area contributed by atoms with E-state index < -0.39 is 12.1 Å². The third-order valence-corrected chi connectivity index (χ3v) is 6.79. The highest BCUT2D eigenvalue weighted by atomic mass is 16.5. The Hall–Kier alpha value is -2.94. The highest BCUT2D eigenvalue weighted by Crippen LogP contribution is 2.27. The summed E-state index contributed by atoms with van der Waals surface area (Å²) in [6.45, 7) is 4.24. The van der Waals surface area contributed by atoms with Crippen LogP contribution in [0.3, 0.4) is 0 Å². The van der Waals surface area contributed by atoms with E-state index >= 15 is 0 Å². The molecule has 9 nitrogen and oxygen atoms in total. The normalized spacial score (nSPS) is 18.9. The van der Waals surface area contributed by atoms with Gasteiger partial charge in [0.1, 0.15) is 11.6 Å². The fraction of sp³-hybridized carbons (Fsp3) is 0.600. The molecule has 1 saturated heterocycles. The van der Waals surface area contributed by atoms with Gasteiger partial charge in [0.05, 0.1) is 19.3 Å². The number of carbonyl (C=O) groups excluding carboxylic acids is 2. The first-order valence-electron chi connectivity index (χ1n) is 12.4. The quantitative estimate of drug-likeness (QED) is 0.309. The number of hydrogen-bond donors (Lipinski definition) is 3. The zero-order chi connectivity index (χ0) is 23.9. The monoisotopic (exact) mass is 469 g/mol. The molecule has 184 valence electrons. The number of fused-ring (bicyclic) bond motifs is 1. The maximum absolute atomic E-state index is 13.4. The lowest BCUT2D eigenvalue weighted by Gasteiger charge is -2.33. The molecule has 1 aromatic heterocycles. The summed E-state index contributed by atoms with van der Waals surface area (Å²) < 4.78 is 11.0. The zero-order valence-electron chi connectivity index (χ0n) is 19.8. The average Bonchev–Trinajstić information content (AvgIpc) is 3.32. The van der Waals surface area contributed by atoms with Crippen molar-refractivity contribution < 1.29 is 18.7 Å². The van der Waals surface area contributed by atoms with Crippen LogP contribution in [0.5, 0.6) is 0 Å².